The van der Waals surface area contributed by atoms with Gasteiger partial charge in [-0.05, 0) is 12.1 Å². The Balaban J connectivity index is 2.24. The minimum Gasteiger partial charge on any atom is -0.496 e. The number of carboxylic acids is 1. The van der Waals surface area contributed by atoms with Crippen LogP contribution < -0.4 is 4.74 Å². The first-order valence-electron chi connectivity index (χ1n) is 5.40. The van der Waals surface area contributed by atoms with Crippen molar-refractivity contribution in [3.05, 3.63) is 30.3 Å². The highest BCUT2D eigenvalue weighted by molar-refractivity contribution is 5.96. The Bertz CT molecular complexity index is 746. The molecule has 1 aromatic carbocycles. The molecule has 0 unspecified atom stereocenters. The van der Waals surface area contributed by atoms with E-state index >= 15 is 0 Å². The zero-order valence-electron chi connectivity index (χ0n) is 9.88. The summed E-state index contributed by atoms with van der Waals surface area (Å²) in [4.78, 5) is 17.7. The molecular weight excluding hydrogens is 250 g/mol. The Labute approximate surface area is 106 Å². The Hall–Kier alpha value is -2.83. The van der Waals surface area contributed by atoms with E-state index in [0.29, 0.717) is 22.7 Å². The van der Waals surface area contributed by atoms with Gasteiger partial charge in [-0.15, -0.1) is 0 Å². The molecule has 2 N–H and O–H groups in total. The number of carbonyl (C=O) groups is 1. The van der Waals surface area contributed by atoms with Crippen LogP contribution in [0, 0.1) is 0 Å². The first kappa shape index (κ1) is 11.3. The number of nitrogens with zero attached hydrogens (tertiary/aromatic N) is 2. The van der Waals surface area contributed by atoms with Gasteiger partial charge in [0.15, 0.2) is 0 Å². The third-order valence-electron chi connectivity index (χ3n) is 2.77. The van der Waals surface area contributed by atoms with Gasteiger partial charge in [0, 0.05) is 17.0 Å². The molecule has 0 saturated carbocycles. The van der Waals surface area contributed by atoms with Crippen LogP contribution in [0.3, 0.4) is 0 Å². The van der Waals surface area contributed by atoms with E-state index in [9.17, 15) is 4.79 Å². The highest BCUT2D eigenvalue weighted by Gasteiger charge is 2.15. The molecule has 3 aromatic rings. The standard InChI is InChI=1S/C12H9N3O4/c1-18-10-4-8-6(3-9(14-8)12(16)17)2-7(10)11-13-5-19-15-11/h2-5,14H,1H3,(H,16,17). The molecular formula is C12H9N3O4. The van der Waals surface area contributed by atoms with E-state index in [-0.39, 0.29) is 5.69 Å². The van der Waals surface area contributed by atoms with E-state index in [1.54, 1.807) is 18.2 Å². The molecule has 19 heavy (non-hydrogen) atoms. The second kappa shape index (κ2) is 4.13. The second-order valence-electron chi connectivity index (χ2n) is 3.88. The van der Waals surface area contributed by atoms with Crippen LogP contribution in [0.5, 0.6) is 5.75 Å². The van der Waals surface area contributed by atoms with Gasteiger partial charge in [0.05, 0.1) is 12.7 Å². The summed E-state index contributed by atoms with van der Waals surface area (Å²) in [6, 6.07) is 5.00. The highest BCUT2D eigenvalue weighted by Crippen LogP contribution is 2.32. The van der Waals surface area contributed by atoms with Gasteiger partial charge in [-0.25, -0.2) is 4.79 Å². The van der Waals surface area contributed by atoms with Crippen molar-refractivity contribution in [2.45, 2.75) is 0 Å². The largest absolute Gasteiger partial charge is 0.496 e. The zero-order chi connectivity index (χ0) is 13.4. The SMILES string of the molecule is COc1cc2[nH]c(C(=O)O)cc2cc1-c1ncon1. The number of H-pyrrole nitrogens is 1. The Morgan fingerprint density at radius 2 is 2.26 bits per heavy atom. The number of carboxylic acid groups (broad SMARTS) is 1. The zero-order valence-corrected chi connectivity index (χ0v) is 9.88. The number of aromatic carboxylic acids is 1. The van der Waals surface area contributed by atoms with E-state index in [1.807, 2.05) is 0 Å². The predicted octanol–water partition coefficient (Wildman–Crippen LogP) is 1.92. The fraction of sp³-hybridized carbons (Fsp3) is 0.0833. The molecule has 7 nitrogen and oxygen atoms in total. The molecule has 0 bridgehead atoms. The first-order chi connectivity index (χ1) is 9.19. The molecule has 2 heterocycles. The topological polar surface area (TPSA) is 101 Å². The summed E-state index contributed by atoms with van der Waals surface area (Å²) in [6.45, 7) is 0. The number of benzene rings is 1. The van der Waals surface area contributed by atoms with Gasteiger partial charge in [0.25, 0.3) is 0 Å². The van der Waals surface area contributed by atoms with Gasteiger partial charge >= 0.3 is 5.97 Å². The summed E-state index contributed by atoms with van der Waals surface area (Å²) in [7, 11) is 1.52. The molecule has 0 atom stereocenters. The minimum atomic E-state index is -1.02. The van der Waals surface area contributed by atoms with Crippen LogP contribution in [0.1, 0.15) is 10.5 Å². The first-order valence-corrected chi connectivity index (χ1v) is 5.40. The second-order valence-corrected chi connectivity index (χ2v) is 3.88. The molecule has 0 saturated heterocycles. The number of nitrogens with one attached hydrogen (secondary N) is 1. The van der Waals surface area contributed by atoms with Crippen molar-refractivity contribution >= 4 is 16.9 Å². The summed E-state index contributed by atoms with van der Waals surface area (Å²) in [5.41, 5.74) is 1.42. The number of hydrogen-bond donors (Lipinski definition) is 2. The van der Waals surface area contributed by atoms with Crippen LogP contribution in [-0.2, 0) is 0 Å². The molecule has 0 radical (unpaired) electrons. The molecule has 0 aliphatic carbocycles. The third kappa shape index (κ3) is 1.81. The number of fused-ring (bicyclic) bond motifs is 1. The van der Waals surface area contributed by atoms with Gasteiger partial charge in [0.1, 0.15) is 11.4 Å². The van der Waals surface area contributed by atoms with Gasteiger partial charge in [-0.2, -0.15) is 4.98 Å². The van der Waals surface area contributed by atoms with Gasteiger partial charge in [-0.1, -0.05) is 5.16 Å². The fourth-order valence-corrected chi connectivity index (χ4v) is 1.91. The maximum Gasteiger partial charge on any atom is 0.352 e. The molecule has 0 aliphatic rings. The fourth-order valence-electron chi connectivity index (χ4n) is 1.91. The molecule has 2 aromatic heterocycles. The van der Waals surface area contributed by atoms with Crippen molar-refractivity contribution in [1.82, 2.24) is 15.1 Å². The summed E-state index contributed by atoms with van der Waals surface area (Å²) in [6.07, 6.45) is 1.22. The molecule has 0 aliphatic heterocycles. The normalized spacial score (nSPS) is 10.8. The van der Waals surface area contributed by atoms with E-state index in [4.69, 9.17) is 14.4 Å². The van der Waals surface area contributed by atoms with Crippen LogP contribution in [0.4, 0.5) is 0 Å². The van der Waals surface area contributed by atoms with Crippen LogP contribution >= 0.6 is 0 Å². The van der Waals surface area contributed by atoms with E-state index in [2.05, 4.69) is 15.1 Å². The number of ether oxygens (including phenoxy) is 1. The lowest BCUT2D eigenvalue weighted by molar-refractivity contribution is 0.0691. The van der Waals surface area contributed by atoms with Crippen molar-refractivity contribution in [3.8, 4) is 17.1 Å². The number of methoxy groups -OCH3 is 1. The lowest BCUT2D eigenvalue weighted by atomic mass is 10.1. The van der Waals surface area contributed by atoms with Crippen molar-refractivity contribution < 1.29 is 19.2 Å². The maximum absolute atomic E-state index is 10.9. The summed E-state index contributed by atoms with van der Waals surface area (Å²) >= 11 is 0. The van der Waals surface area contributed by atoms with E-state index in [0.717, 1.165) is 5.39 Å². The Morgan fingerprint density at radius 1 is 1.42 bits per heavy atom. The third-order valence-corrected chi connectivity index (χ3v) is 2.77. The number of aromatic nitrogens is 3. The monoisotopic (exact) mass is 259 g/mol. The van der Waals surface area contributed by atoms with Gasteiger partial charge in [-0.3, -0.25) is 0 Å². The predicted molar refractivity (Wildman–Crippen MR) is 65.1 cm³/mol. The quantitative estimate of drug-likeness (QED) is 0.745. The average molecular weight is 259 g/mol. The summed E-state index contributed by atoms with van der Waals surface area (Å²) in [5.74, 6) is -0.0965. The van der Waals surface area contributed by atoms with Crippen LogP contribution in [0.2, 0.25) is 0 Å². The maximum atomic E-state index is 10.9. The smallest absolute Gasteiger partial charge is 0.352 e. The molecule has 0 fully saturated rings. The number of aromatic amines is 1. The van der Waals surface area contributed by atoms with E-state index < -0.39 is 5.97 Å². The lowest BCUT2D eigenvalue weighted by Crippen LogP contribution is -1.94. The number of rotatable bonds is 3. The van der Waals surface area contributed by atoms with Crippen LogP contribution in [0.15, 0.2) is 29.1 Å². The molecule has 0 amide bonds. The summed E-state index contributed by atoms with van der Waals surface area (Å²) < 4.78 is 9.96. The summed E-state index contributed by atoms with van der Waals surface area (Å²) in [5, 5.41) is 13.4. The highest BCUT2D eigenvalue weighted by atomic mass is 16.5. The van der Waals surface area contributed by atoms with Gasteiger partial charge < -0.3 is 19.4 Å². The average Bonchev–Trinajstić information content (AvgIpc) is 3.05. The number of hydrogen-bond acceptors (Lipinski definition) is 5. The van der Waals surface area contributed by atoms with Crippen molar-refractivity contribution in [2.24, 2.45) is 0 Å². The Morgan fingerprint density at radius 3 is 2.89 bits per heavy atom. The van der Waals surface area contributed by atoms with Crippen LogP contribution in [0.25, 0.3) is 22.3 Å². The lowest BCUT2D eigenvalue weighted by Gasteiger charge is -2.05. The minimum absolute atomic E-state index is 0.113. The molecule has 0 spiro atoms. The van der Waals surface area contributed by atoms with Crippen molar-refractivity contribution in [1.29, 1.82) is 0 Å². The van der Waals surface area contributed by atoms with Crippen molar-refractivity contribution in [2.75, 3.05) is 7.11 Å². The van der Waals surface area contributed by atoms with Gasteiger partial charge in [0.2, 0.25) is 12.2 Å². The molecule has 96 valence electrons. The molecule has 3 rings (SSSR count). The molecule has 7 heteroatoms. The van der Waals surface area contributed by atoms with Crippen molar-refractivity contribution in [3.63, 3.8) is 0 Å². The van der Waals surface area contributed by atoms with E-state index in [1.165, 1.54) is 13.5 Å². The van der Waals surface area contributed by atoms with Crippen LogP contribution in [-0.4, -0.2) is 33.3 Å². The Kier molecular flexibility index (Phi) is 2.45.